The van der Waals surface area contributed by atoms with Crippen molar-refractivity contribution in [3.05, 3.63) is 53.3 Å². The van der Waals surface area contributed by atoms with Crippen molar-refractivity contribution in [1.82, 2.24) is 4.31 Å². The molecule has 1 fully saturated rings. The Balaban J connectivity index is 2.50. The van der Waals surface area contributed by atoms with Crippen LogP contribution in [0, 0.1) is 6.92 Å². The van der Waals surface area contributed by atoms with Gasteiger partial charge in [-0.3, -0.25) is 4.79 Å². The van der Waals surface area contributed by atoms with Crippen LogP contribution in [0.4, 0.5) is 0 Å². The summed E-state index contributed by atoms with van der Waals surface area (Å²) >= 11 is 0. The van der Waals surface area contributed by atoms with Gasteiger partial charge >= 0.3 is 5.97 Å². The number of ether oxygens (including phenoxy) is 1. The molecule has 1 aromatic rings. The molecule has 0 bridgehead atoms. The Morgan fingerprint density at radius 2 is 1.89 bits per heavy atom. The Kier molecular flexibility index (Phi) is 6.50. The number of carbonyl (C=O) groups is 1. The van der Waals surface area contributed by atoms with Gasteiger partial charge in [0.2, 0.25) is 10.0 Å². The Labute approximate surface area is 163 Å². The molecule has 1 aromatic carbocycles. The van der Waals surface area contributed by atoms with Gasteiger partial charge < -0.3 is 4.74 Å². The molecule has 5 nitrogen and oxygen atoms in total. The lowest BCUT2D eigenvalue weighted by Crippen LogP contribution is -2.50. The van der Waals surface area contributed by atoms with Crippen LogP contribution < -0.4 is 0 Å². The van der Waals surface area contributed by atoms with Crippen LogP contribution in [0.2, 0.25) is 19.6 Å². The van der Waals surface area contributed by atoms with Gasteiger partial charge in [0.15, 0.2) is 0 Å². The van der Waals surface area contributed by atoms with Gasteiger partial charge in [0, 0.05) is 6.54 Å². The van der Waals surface area contributed by atoms with Crippen LogP contribution in [-0.2, 0) is 19.6 Å². The second kappa shape index (κ2) is 8.12. The standard InChI is InChI=1S/C20H29NO4SSi/c1-7-25-20(22)19-12-16(3)17(14-27(4,5)6)13-21(19)26(23,24)18-10-8-15(2)9-11-18/h8-11,14,19H,3,7,12-13H2,1-2,4-6H3/b17-14+. The summed E-state index contributed by atoms with van der Waals surface area (Å²) < 4.78 is 33.0. The lowest BCUT2D eigenvalue weighted by atomic mass is 9.96. The summed E-state index contributed by atoms with van der Waals surface area (Å²) in [6, 6.07) is 5.79. The number of hydrogen-bond acceptors (Lipinski definition) is 4. The van der Waals surface area contributed by atoms with E-state index in [-0.39, 0.29) is 24.5 Å². The molecule has 2 rings (SSSR count). The molecule has 0 spiro atoms. The first-order chi connectivity index (χ1) is 12.5. The van der Waals surface area contributed by atoms with E-state index in [0.29, 0.717) is 0 Å². The maximum Gasteiger partial charge on any atom is 0.324 e. The first-order valence-corrected chi connectivity index (χ1v) is 14.1. The van der Waals surface area contributed by atoms with Crippen molar-refractivity contribution < 1.29 is 17.9 Å². The predicted octanol–water partition coefficient (Wildman–Crippen LogP) is 3.68. The van der Waals surface area contributed by atoms with E-state index in [4.69, 9.17) is 4.74 Å². The number of sulfonamides is 1. The zero-order valence-corrected chi connectivity index (χ0v) is 18.6. The van der Waals surface area contributed by atoms with Gasteiger partial charge in [-0.05, 0) is 43.5 Å². The van der Waals surface area contributed by atoms with Crippen LogP contribution in [0.15, 0.2) is 52.6 Å². The summed E-state index contributed by atoms with van der Waals surface area (Å²) in [7, 11) is -5.42. The van der Waals surface area contributed by atoms with Gasteiger partial charge in [0.25, 0.3) is 0 Å². The zero-order valence-electron chi connectivity index (χ0n) is 16.8. The second-order valence-corrected chi connectivity index (χ2v) is 14.9. The molecular formula is C20H29NO4SSi. The van der Waals surface area contributed by atoms with E-state index in [1.165, 1.54) is 4.31 Å². The highest BCUT2D eigenvalue weighted by atomic mass is 32.2. The summed E-state index contributed by atoms with van der Waals surface area (Å²) in [5.74, 6) is -0.526. The fourth-order valence-electron chi connectivity index (χ4n) is 3.06. The molecular weight excluding hydrogens is 378 g/mol. The number of carbonyl (C=O) groups excluding carboxylic acids is 1. The highest BCUT2D eigenvalue weighted by Crippen LogP contribution is 2.32. The molecule has 1 heterocycles. The number of hydrogen-bond donors (Lipinski definition) is 0. The van der Waals surface area contributed by atoms with Crippen molar-refractivity contribution in [1.29, 1.82) is 0 Å². The highest BCUT2D eigenvalue weighted by molar-refractivity contribution is 7.89. The van der Waals surface area contributed by atoms with Crippen LogP contribution in [-0.4, -0.2) is 46.0 Å². The molecule has 1 atom stereocenters. The quantitative estimate of drug-likeness (QED) is 0.552. The summed E-state index contributed by atoms with van der Waals surface area (Å²) in [6.45, 7) is 14.6. The van der Waals surface area contributed by atoms with E-state index in [2.05, 4.69) is 31.9 Å². The number of rotatable bonds is 5. The normalized spacial score (nSPS) is 20.7. The van der Waals surface area contributed by atoms with E-state index in [1.54, 1.807) is 31.2 Å². The maximum atomic E-state index is 13.3. The third-order valence-electron chi connectivity index (χ3n) is 4.36. The first-order valence-electron chi connectivity index (χ1n) is 9.10. The molecule has 0 radical (unpaired) electrons. The molecule has 0 aliphatic carbocycles. The van der Waals surface area contributed by atoms with Gasteiger partial charge in [-0.2, -0.15) is 4.31 Å². The predicted molar refractivity (Wildman–Crippen MR) is 111 cm³/mol. The molecule has 0 amide bonds. The van der Waals surface area contributed by atoms with Gasteiger partial charge in [0.1, 0.15) is 6.04 Å². The van der Waals surface area contributed by atoms with Crippen LogP contribution >= 0.6 is 0 Å². The van der Waals surface area contributed by atoms with Crippen molar-refractivity contribution in [2.45, 2.75) is 50.8 Å². The van der Waals surface area contributed by atoms with Gasteiger partial charge in [-0.25, -0.2) is 8.42 Å². The number of nitrogens with zero attached hydrogens (tertiary/aromatic N) is 1. The maximum absolute atomic E-state index is 13.3. The van der Waals surface area contributed by atoms with E-state index in [1.807, 2.05) is 6.92 Å². The van der Waals surface area contributed by atoms with Gasteiger partial charge in [-0.1, -0.05) is 49.6 Å². The summed E-state index contributed by atoms with van der Waals surface area (Å²) in [5, 5.41) is 0. The van der Waals surface area contributed by atoms with E-state index >= 15 is 0 Å². The largest absolute Gasteiger partial charge is 0.465 e. The Bertz CT molecular complexity index is 851. The number of esters is 1. The molecule has 7 heteroatoms. The average Bonchev–Trinajstić information content (AvgIpc) is 2.55. The van der Waals surface area contributed by atoms with E-state index in [9.17, 15) is 13.2 Å². The lowest BCUT2D eigenvalue weighted by Gasteiger charge is -2.36. The third-order valence-corrected chi connectivity index (χ3v) is 7.44. The molecule has 1 aliphatic heterocycles. The molecule has 148 valence electrons. The first kappa shape index (κ1) is 21.6. The smallest absolute Gasteiger partial charge is 0.324 e. The molecule has 1 saturated heterocycles. The average molecular weight is 408 g/mol. The van der Waals surface area contributed by atoms with E-state index < -0.39 is 30.1 Å². The topological polar surface area (TPSA) is 63.7 Å². The minimum absolute atomic E-state index is 0.142. The lowest BCUT2D eigenvalue weighted by molar-refractivity contribution is -0.147. The van der Waals surface area contributed by atoms with Crippen LogP contribution in [0.1, 0.15) is 18.9 Å². The Morgan fingerprint density at radius 3 is 2.41 bits per heavy atom. The minimum Gasteiger partial charge on any atom is -0.465 e. The van der Waals surface area contributed by atoms with Gasteiger partial charge in [0.05, 0.1) is 19.6 Å². The summed E-state index contributed by atoms with van der Waals surface area (Å²) in [5.41, 5.74) is 4.85. The van der Waals surface area contributed by atoms with Crippen molar-refractivity contribution in [3.63, 3.8) is 0 Å². The zero-order chi connectivity index (χ0) is 20.4. The highest BCUT2D eigenvalue weighted by Gasteiger charge is 2.41. The summed E-state index contributed by atoms with van der Waals surface area (Å²) in [4.78, 5) is 12.7. The number of benzene rings is 1. The Morgan fingerprint density at radius 1 is 1.30 bits per heavy atom. The fourth-order valence-corrected chi connectivity index (χ4v) is 5.96. The minimum atomic E-state index is -3.84. The molecule has 0 saturated carbocycles. The van der Waals surface area contributed by atoms with E-state index in [0.717, 1.165) is 16.7 Å². The number of piperidine rings is 1. The van der Waals surface area contributed by atoms with Crippen LogP contribution in [0.3, 0.4) is 0 Å². The molecule has 1 aliphatic rings. The van der Waals surface area contributed by atoms with Crippen LogP contribution in [0.5, 0.6) is 0 Å². The third kappa shape index (κ3) is 5.18. The molecule has 1 unspecified atom stereocenters. The van der Waals surface area contributed by atoms with Crippen molar-refractivity contribution in [2.24, 2.45) is 0 Å². The monoisotopic (exact) mass is 407 g/mol. The number of aryl methyl sites for hydroxylation is 1. The fraction of sp³-hybridized carbons (Fsp3) is 0.450. The SMILES string of the molecule is C=C1CC(C(=O)OCC)N(S(=O)(=O)c2ccc(C)cc2)C/C1=C\[Si](C)(C)C. The van der Waals surface area contributed by atoms with Gasteiger partial charge in [-0.15, -0.1) is 0 Å². The van der Waals surface area contributed by atoms with Crippen LogP contribution in [0.25, 0.3) is 0 Å². The van der Waals surface area contributed by atoms with Crippen molar-refractivity contribution in [3.8, 4) is 0 Å². The van der Waals surface area contributed by atoms with Crippen molar-refractivity contribution >= 4 is 24.1 Å². The molecule has 0 aromatic heterocycles. The second-order valence-electron chi connectivity index (χ2n) is 7.97. The molecule has 0 N–H and O–H groups in total. The van der Waals surface area contributed by atoms with Crippen molar-refractivity contribution in [2.75, 3.05) is 13.2 Å². The Hall–Kier alpha value is -1.70. The molecule has 27 heavy (non-hydrogen) atoms. The summed E-state index contributed by atoms with van der Waals surface area (Å²) in [6.07, 6.45) is 0.250.